The van der Waals surface area contributed by atoms with Gasteiger partial charge in [-0.3, -0.25) is 9.48 Å². The van der Waals surface area contributed by atoms with Crippen LogP contribution >= 0.6 is 11.6 Å². The summed E-state index contributed by atoms with van der Waals surface area (Å²) >= 11 is 6.39. The van der Waals surface area contributed by atoms with Gasteiger partial charge in [0.2, 0.25) is 15.9 Å². The normalized spacial score (nSPS) is 15.8. The van der Waals surface area contributed by atoms with E-state index < -0.39 is 26.6 Å². The Hall–Kier alpha value is -2.30. The maximum absolute atomic E-state index is 14.0. The van der Waals surface area contributed by atoms with E-state index >= 15 is 0 Å². The Morgan fingerprint density at radius 3 is 2.47 bits per heavy atom. The summed E-state index contributed by atoms with van der Waals surface area (Å²) in [6.07, 6.45) is 3.00. The van der Waals surface area contributed by atoms with Crippen molar-refractivity contribution in [2.24, 2.45) is 5.92 Å². The number of piperazine rings is 1. The Kier molecular flexibility index (Phi) is 7.36. The van der Waals surface area contributed by atoms with Gasteiger partial charge >= 0.3 is 0 Å². The van der Waals surface area contributed by atoms with Crippen LogP contribution in [-0.4, -0.2) is 59.5 Å². The highest BCUT2D eigenvalue weighted by atomic mass is 35.5. The van der Waals surface area contributed by atoms with Crippen molar-refractivity contribution < 1.29 is 22.0 Å². The maximum atomic E-state index is 14.0. The molecule has 1 aliphatic heterocycles. The van der Waals surface area contributed by atoms with Crippen molar-refractivity contribution >= 4 is 33.6 Å². The van der Waals surface area contributed by atoms with Crippen molar-refractivity contribution in [3.8, 4) is 0 Å². The average Bonchev–Trinajstić information content (AvgIpc) is 2.98. The minimum atomic E-state index is -4.13. The molecule has 1 aliphatic rings. The third-order valence-electron chi connectivity index (χ3n) is 5.10. The van der Waals surface area contributed by atoms with Crippen molar-refractivity contribution in [3.63, 3.8) is 0 Å². The lowest BCUT2D eigenvalue weighted by atomic mass is 10.2. The molecule has 1 aromatic carbocycles. The van der Waals surface area contributed by atoms with E-state index in [0.717, 1.165) is 16.4 Å². The Bertz CT molecular complexity index is 1140. The molecule has 1 fully saturated rings. The largest absolute Gasteiger partial charge is 0.337 e. The molecule has 0 aliphatic carbocycles. The quantitative estimate of drug-likeness (QED) is 0.587. The van der Waals surface area contributed by atoms with Crippen molar-refractivity contribution in [2.75, 3.05) is 26.2 Å². The van der Waals surface area contributed by atoms with Crippen molar-refractivity contribution in [1.82, 2.24) is 19.0 Å². The number of carbonyl (C=O) groups excluding carboxylic acids is 1. The molecule has 2 aromatic rings. The van der Waals surface area contributed by atoms with Crippen LogP contribution in [-0.2, 0) is 21.4 Å². The third-order valence-corrected chi connectivity index (χ3v) is 7.43. The summed E-state index contributed by atoms with van der Waals surface area (Å²) in [6, 6.07) is 2.34. The Balaban J connectivity index is 1.65. The number of aryl methyl sites for hydroxylation is 1. The molecule has 2 heterocycles. The van der Waals surface area contributed by atoms with Crippen LogP contribution in [0.3, 0.4) is 0 Å². The summed E-state index contributed by atoms with van der Waals surface area (Å²) in [7, 11) is -4.13. The van der Waals surface area contributed by atoms with E-state index in [1.54, 1.807) is 10.8 Å². The molecule has 0 saturated carbocycles. The second kappa shape index (κ2) is 9.68. The molecule has 7 nitrogen and oxygen atoms in total. The van der Waals surface area contributed by atoms with E-state index in [1.165, 1.54) is 11.0 Å². The molecule has 0 radical (unpaired) electrons. The zero-order valence-corrected chi connectivity index (χ0v) is 19.6. The van der Waals surface area contributed by atoms with E-state index in [0.29, 0.717) is 34.9 Å². The van der Waals surface area contributed by atoms with Crippen LogP contribution in [0.25, 0.3) is 6.08 Å². The second-order valence-corrected chi connectivity index (χ2v) is 10.3. The molecule has 0 spiro atoms. The number of halogens is 3. The molecular weight excluding hydrogens is 462 g/mol. The number of carbonyl (C=O) groups is 1. The Morgan fingerprint density at radius 1 is 1.22 bits per heavy atom. The average molecular weight is 487 g/mol. The van der Waals surface area contributed by atoms with Gasteiger partial charge in [-0.05, 0) is 31.1 Å². The first-order valence-electron chi connectivity index (χ1n) is 10.2. The molecule has 1 aromatic heterocycles. The van der Waals surface area contributed by atoms with Gasteiger partial charge in [0.15, 0.2) is 0 Å². The van der Waals surface area contributed by atoms with E-state index in [-0.39, 0.29) is 32.1 Å². The Labute approximate surface area is 191 Å². The summed E-state index contributed by atoms with van der Waals surface area (Å²) in [5, 5.41) is 4.86. The molecule has 0 N–H and O–H groups in total. The molecule has 0 bridgehead atoms. The fourth-order valence-corrected chi connectivity index (χ4v) is 5.23. The molecule has 0 unspecified atom stereocenters. The number of hydrogen-bond acceptors (Lipinski definition) is 4. The van der Waals surface area contributed by atoms with Crippen LogP contribution < -0.4 is 0 Å². The van der Waals surface area contributed by atoms with E-state index in [4.69, 9.17) is 11.6 Å². The standard InChI is InChI=1S/C21H25ClF2N4O3S/c1-14(2)13-28-21(22)17(15(3)25-28)5-7-20(29)26-8-10-27(11-9-26)32(30,31)19-6-4-16(23)12-18(19)24/h4-7,12,14H,8-11,13H2,1-3H3. The first-order valence-corrected chi connectivity index (χ1v) is 12.0. The fourth-order valence-electron chi connectivity index (χ4n) is 3.46. The summed E-state index contributed by atoms with van der Waals surface area (Å²) in [4.78, 5) is 13.5. The summed E-state index contributed by atoms with van der Waals surface area (Å²) in [6.45, 7) is 6.87. The number of hydrogen-bond donors (Lipinski definition) is 0. The van der Waals surface area contributed by atoms with Crippen LogP contribution in [0.15, 0.2) is 29.2 Å². The van der Waals surface area contributed by atoms with E-state index in [1.807, 2.05) is 6.92 Å². The molecule has 1 saturated heterocycles. The number of sulfonamides is 1. The second-order valence-electron chi connectivity index (χ2n) is 8.00. The van der Waals surface area contributed by atoms with Gasteiger partial charge < -0.3 is 4.90 Å². The smallest absolute Gasteiger partial charge is 0.246 e. The van der Waals surface area contributed by atoms with Gasteiger partial charge in [-0.1, -0.05) is 25.4 Å². The predicted molar refractivity (Wildman–Crippen MR) is 118 cm³/mol. The van der Waals surface area contributed by atoms with Crippen LogP contribution in [0.2, 0.25) is 5.15 Å². The summed E-state index contributed by atoms with van der Waals surface area (Å²) in [5.74, 6) is -1.92. The van der Waals surface area contributed by atoms with Crippen LogP contribution in [0.1, 0.15) is 25.1 Å². The predicted octanol–water partition coefficient (Wildman–Crippen LogP) is 3.33. The molecule has 1 amide bonds. The van der Waals surface area contributed by atoms with Gasteiger partial charge in [0.25, 0.3) is 0 Å². The first kappa shape index (κ1) is 24.3. The number of nitrogens with zero attached hydrogens (tertiary/aromatic N) is 4. The van der Waals surface area contributed by atoms with Gasteiger partial charge in [-0.2, -0.15) is 9.40 Å². The minimum Gasteiger partial charge on any atom is -0.337 e. The minimum absolute atomic E-state index is 0.00480. The van der Waals surface area contributed by atoms with Gasteiger partial charge in [0.05, 0.1) is 5.69 Å². The van der Waals surface area contributed by atoms with Crippen molar-refractivity contribution in [3.05, 3.63) is 52.3 Å². The summed E-state index contributed by atoms with van der Waals surface area (Å²) < 4.78 is 55.2. The van der Waals surface area contributed by atoms with E-state index in [9.17, 15) is 22.0 Å². The zero-order valence-electron chi connectivity index (χ0n) is 18.1. The highest BCUT2D eigenvalue weighted by molar-refractivity contribution is 7.89. The first-order chi connectivity index (χ1) is 15.0. The van der Waals surface area contributed by atoms with Gasteiger partial charge in [0, 0.05) is 50.4 Å². The lowest BCUT2D eigenvalue weighted by molar-refractivity contribution is -0.127. The van der Waals surface area contributed by atoms with Gasteiger partial charge in [-0.25, -0.2) is 17.2 Å². The molecule has 32 heavy (non-hydrogen) atoms. The molecule has 174 valence electrons. The van der Waals surface area contributed by atoms with E-state index in [2.05, 4.69) is 18.9 Å². The van der Waals surface area contributed by atoms with Gasteiger partial charge in [-0.15, -0.1) is 0 Å². The Morgan fingerprint density at radius 2 is 1.88 bits per heavy atom. The van der Waals surface area contributed by atoms with Crippen molar-refractivity contribution in [1.29, 1.82) is 0 Å². The SMILES string of the molecule is Cc1nn(CC(C)C)c(Cl)c1C=CC(=O)N1CCN(S(=O)(=O)c2ccc(F)cc2F)CC1. The molecule has 3 rings (SSSR count). The highest BCUT2D eigenvalue weighted by Crippen LogP contribution is 2.23. The van der Waals surface area contributed by atoms with Crippen LogP contribution in [0.5, 0.6) is 0 Å². The number of benzene rings is 1. The number of aromatic nitrogens is 2. The number of amides is 1. The molecule has 11 heteroatoms. The zero-order chi connectivity index (χ0) is 23.6. The molecular formula is C21H25ClF2N4O3S. The summed E-state index contributed by atoms with van der Waals surface area (Å²) in [5.41, 5.74) is 1.37. The molecule has 0 atom stereocenters. The lowest BCUT2D eigenvalue weighted by Gasteiger charge is -2.33. The van der Waals surface area contributed by atoms with Crippen molar-refractivity contribution in [2.45, 2.75) is 32.2 Å². The number of rotatable bonds is 6. The highest BCUT2D eigenvalue weighted by Gasteiger charge is 2.31. The van der Waals surface area contributed by atoms with Crippen LogP contribution in [0, 0.1) is 24.5 Å². The third kappa shape index (κ3) is 5.19. The topological polar surface area (TPSA) is 75.5 Å². The van der Waals surface area contributed by atoms with Crippen LogP contribution in [0.4, 0.5) is 8.78 Å². The maximum Gasteiger partial charge on any atom is 0.246 e. The van der Waals surface area contributed by atoms with Gasteiger partial charge in [0.1, 0.15) is 21.7 Å². The monoisotopic (exact) mass is 486 g/mol. The lowest BCUT2D eigenvalue weighted by Crippen LogP contribution is -2.50. The fraction of sp³-hybridized carbons (Fsp3) is 0.429.